The SMILES string of the molecule is CCOc1ccccc1[C@H](C)OC(=O)[C@H]1C[C@@H]1c1cnn(C)c1. The lowest BCUT2D eigenvalue weighted by molar-refractivity contribution is -0.150. The summed E-state index contributed by atoms with van der Waals surface area (Å²) >= 11 is 0. The number of nitrogens with zero attached hydrogens (tertiary/aromatic N) is 2. The van der Waals surface area contributed by atoms with Crippen LogP contribution >= 0.6 is 0 Å². The summed E-state index contributed by atoms with van der Waals surface area (Å²) in [7, 11) is 1.88. The second kappa shape index (κ2) is 6.44. The van der Waals surface area contributed by atoms with Crippen LogP contribution in [0, 0.1) is 5.92 Å². The molecule has 3 atom stereocenters. The summed E-state index contributed by atoms with van der Waals surface area (Å²) in [5, 5.41) is 4.16. The fourth-order valence-corrected chi connectivity index (χ4v) is 2.88. The molecule has 1 aromatic carbocycles. The lowest BCUT2D eigenvalue weighted by Gasteiger charge is -2.17. The highest BCUT2D eigenvalue weighted by molar-refractivity contribution is 5.77. The molecule has 0 radical (unpaired) electrons. The van der Waals surface area contributed by atoms with E-state index in [-0.39, 0.29) is 23.9 Å². The van der Waals surface area contributed by atoms with Crippen molar-refractivity contribution in [1.29, 1.82) is 0 Å². The van der Waals surface area contributed by atoms with Crippen molar-refractivity contribution < 1.29 is 14.3 Å². The van der Waals surface area contributed by atoms with E-state index in [1.54, 1.807) is 4.68 Å². The van der Waals surface area contributed by atoms with Crippen LogP contribution in [0.1, 0.15) is 43.4 Å². The van der Waals surface area contributed by atoms with Crippen LogP contribution in [0.3, 0.4) is 0 Å². The number of para-hydroxylation sites is 1. The molecule has 0 unspecified atom stereocenters. The van der Waals surface area contributed by atoms with Gasteiger partial charge < -0.3 is 9.47 Å². The van der Waals surface area contributed by atoms with E-state index in [1.165, 1.54) is 0 Å². The molecule has 1 heterocycles. The van der Waals surface area contributed by atoms with Crippen LogP contribution in [0.2, 0.25) is 0 Å². The van der Waals surface area contributed by atoms with E-state index < -0.39 is 0 Å². The van der Waals surface area contributed by atoms with E-state index in [9.17, 15) is 4.79 Å². The largest absolute Gasteiger partial charge is 0.493 e. The minimum absolute atomic E-state index is 0.0547. The normalized spacial score (nSPS) is 20.8. The van der Waals surface area contributed by atoms with Gasteiger partial charge in [-0.25, -0.2) is 0 Å². The third-order valence-electron chi connectivity index (χ3n) is 4.20. The molecule has 0 bridgehead atoms. The van der Waals surface area contributed by atoms with Gasteiger partial charge in [0.15, 0.2) is 0 Å². The summed E-state index contributed by atoms with van der Waals surface area (Å²) in [6, 6.07) is 7.69. The Morgan fingerprint density at radius 1 is 1.43 bits per heavy atom. The smallest absolute Gasteiger partial charge is 0.310 e. The Kier molecular flexibility index (Phi) is 4.37. The van der Waals surface area contributed by atoms with Gasteiger partial charge >= 0.3 is 5.97 Å². The topological polar surface area (TPSA) is 53.4 Å². The van der Waals surface area contributed by atoms with E-state index >= 15 is 0 Å². The van der Waals surface area contributed by atoms with Crippen molar-refractivity contribution in [3.05, 3.63) is 47.8 Å². The third kappa shape index (κ3) is 3.38. The lowest BCUT2D eigenvalue weighted by atomic mass is 10.1. The first kappa shape index (κ1) is 15.6. The molecule has 1 saturated carbocycles. The van der Waals surface area contributed by atoms with Crippen molar-refractivity contribution in [2.75, 3.05) is 6.61 Å². The number of ether oxygens (including phenoxy) is 2. The van der Waals surface area contributed by atoms with E-state index in [0.717, 1.165) is 23.3 Å². The van der Waals surface area contributed by atoms with Crippen LogP contribution in [0.15, 0.2) is 36.7 Å². The molecule has 1 fully saturated rings. The Balaban J connectivity index is 1.62. The summed E-state index contributed by atoms with van der Waals surface area (Å²) in [5.74, 6) is 0.819. The van der Waals surface area contributed by atoms with Gasteiger partial charge in [0, 0.05) is 24.7 Å². The fraction of sp³-hybridized carbons (Fsp3) is 0.444. The molecule has 23 heavy (non-hydrogen) atoms. The van der Waals surface area contributed by atoms with Gasteiger partial charge in [-0.2, -0.15) is 5.10 Å². The van der Waals surface area contributed by atoms with Crippen LogP contribution < -0.4 is 4.74 Å². The summed E-state index contributed by atoms with van der Waals surface area (Å²) < 4.78 is 13.0. The van der Waals surface area contributed by atoms with Gasteiger partial charge in [-0.1, -0.05) is 18.2 Å². The molecule has 122 valence electrons. The summed E-state index contributed by atoms with van der Waals surface area (Å²) in [6.07, 6.45) is 4.31. The first-order valence-electron chi connectivity index (χ1n) is 8.01. The molecule has 0 aliphatic heterocycles. The summed E-state index contributed by atoms with van der Waals surface area (Å²) in [4.78, 5) is 12.4. The molecule has 1 aromatic heterocycles. The van der Waals surface area contributed by atoms with Gasteiger partial charge in [0.05, 0.1) is 18.7 Å². The first-order chi connectivity index (χ1) is 11.1. The van der Waals surface area contributed by atoms with Crippen molar-refractivity contribution in [2.24, 2.45) is 13.0 Å². The minimum atomic E-state index is -0.319. The number of hydrogen-bond donors (Lipinski definition) is 0. The van der Waals surface area contributed by atoms with Gasteiger partial charge in [0.1, 0.15) is 11.9 Å². The number of aryl methyl sites for hydroxylation is 1. The monoisotopic (exact) mass is 314 g/mol. The average Bonchev–Trinajstić information content (AvgIpc) is 3.23. The molecule has 1 aliphatic rings. The number of esters is 1. The second-order valence-electron chi connectivity index (χ2n) is 5.95. The van der Waals surface area contributed by atoms with Gasteiger partial charge in [-0.05, 0) is 31.9 Å². The molecule has 0 amide bonds. The van der Waals surface area contributed by atoms with Crippen molar-refractivity contribution in [1.82, 2.24) is 9.78 Å². The van der Waals surface area contributed by atoms with Crippen molar-refractivity contribution in [3.63, 3.8) is 0 Å². The third-order valence-corrected chi connectivity index (χ3v) is 4.20. The Bertz CT molecular complexity index is 695. The van der Waals surface area contributed by atoms with Crippen LogP contribution in [0.4, 0.5) is 0 Å². The van der Waals surface area contributed by atoms with E-state index in [1.807, 2.05) is 57.6 Å². The van der Waals surface area contributed by atoms with Gasteiger partial charge in [0.25, 0.3) is 0 Å². The molecular weight excluding hydrogens is 292 g/mol. The van der Waals surface area contributed by atoms with Crippen molar-refractivity contribution in [2.45, 2.75) is 32.3 Å². The summed E-state index contributed by atoms with van der Waals surface area (Å²) in [5.41, 5.74) is 2.01. The highest BCUT2D eigenvalue weighted by atomic mass is 16.5. The zero-order valence-corrected chi connectivity index (χ0v) is 13.7. The Morgan fingerprint density at radius 2 is 2.22 bits per heavy atom. The standard InChI is InChI=1S/C18H22N2O3/c1-4-22-17-8-6-5-7-14(17)12(2)23-18(21)16-9-15(16)13-10-19-20(3)11-13/h5-8,10-12,15-16H,4,9H2,1-3H3/t12-,15+,16-/m0/s1. The molecule has 2 aromatic rings. The zero-order valence-electron chi connectivity index (χ0n) is 13.7. The van der Waals surface area contributed by atoms with Crippen molar-refractivity contribution >= 4 is 5.97 Å². The van der Waals surface area contributed by atoms with Crippen LogP contribution in [-0.4, -0.2) is 22.4 Å². The van der Waals surface area contributed by atoms with E-state index in [0.29, 0.717) is 6.61 Å². The van der Waals surface area contributed by atoms with E-state index in [2.05, 4.69) is 5.10 Å². The van der Waals surface area contributed by atoms with Crippen LogP contribution in [0.5, 0.6) is 5.75 Å². The molecular formula is C18H22N2O3. The number of hydrogen-bond acceptors (Lipinski definition) is 4. The van der Waals surface area contributed by atoms with Gasteiger partial charge in [-0.3, -0.25) is 9.48 Å². The maximum Gasteiger partial charge on any atom is 0.310 e. The maximum absolute atomic E-state index is 12.4. The number of benzene rings is 1. The second-order valence-corrected chi connectivity index (χ2v) is 5.95. The lowest BCUT2D eigenvalue weighted by Crippen LogP contribution is -2.12. The van der Waals surface area contributed by atoms with Crippen LogP contribution in [-0.2, 0) is 16.6 Å². The highest BCUT2D eigenvalue weighted by Gasteiger charge is 2.46. The van der Waals surface area contributed by atoms with Gasteiger partial charge in [-0.15, -0.1) is 0 Å². The Morgan fingerprint density at radius 3 is 2.91 bits per heavy atom. The fourth-order valence-electron chi connectivity index (χ4n) is 2.88. The summed E-state index contributed by atoms with van der Waals surface area (Å²) in [6.45, 7) is 4.41. The maximum atomic E-state index is 12.4. The first-order valence-corrected chi connectivity index (χ1v) is 8.01. The molecule has 0 N–H and O–H groups in total. The number of carbonyl (C=O) groups is 1. The van der Waals surface area contributed by atoms with Gasteiger partial charge in [0.2, 0.25) is 0 Å². The Labute approximate surface area is 136 Å². The predicted molar refractivity (Wildman–Crippen MR) is 86.2 cm³/mol. The molecule has 5 nitrogen and oxygen atoms in total. The molecule has 5 heteroatoms. The Hall–Kier alpha value is -2.30. The number of carbonyl (C=O) groups excluding carboxylic acids is 1. The van der Waals surface area contributed by atoms with Crippen molar-refractivity contribution in [3.8, 4) is 5.75 Å². The van der Waals surface area contributed by atoms with Crippen LogP contribution in [0.25, 0.3) is 0 Å². The molecule has 0 saturated heterocycles. The predicted octanol–water partition coefficient (Wildman–Crippen LogP) is 3.23. The molecule has 1 aliphatic carbocycles. The zero-order chi connectivity index (χ0) is 16.4. The highest BCUT2D eigenvalue weighted by Crippen LogP contribution is 2.48. The quantitative estimate of drug-likeness (QED) is 0.768. The number of aromatic nitrogens is 2. The van der Waals surface area contributed by atoms with E-state index in [4.69, 9.17) is 9.47 Å². The molecule has 0 spiro atoms. The minimum Gasteiger partial charge on any atom is -0.493 e. The molecule has 3 rings (SSSR count). The average molecular weight is 314 g/mol. The number of rotatable bonds is 6.